The van der Waals surface area contributed by atoms with E-state index in [1.165, 1.54) is 12.1 Å². The molecule has 3 fully saturated rings. The zero-order chi connectivity index (χ0) is 21.0. The Labute approximate surface area is 179 Å². The highest BCUT2D eigenvalue weighted by atomic mass is 35.5. The zero-order valence-corrected chi connectivity index (χ0v) is 17.5. The number of carbonyl (C=O) groups excluding carboxylic acids is 1. The van der Waals surface area contributed by atoms with Crippen LogP contribution < -0.4 is 4.90 Å². The van der Waals surface area contributed by atoms with E-state index in [-0.39, 0.29) is 11.9 Å². The van der Waals surface area contributed by atoms with Crippen molar-refractivity contribution >= 4 is 23.3 Å². The summed E-state index contributed by atoms with van der Waals surface area (Å²) in [6.07, 6.45) is 2.14. The van der Waals surface area contributed by atoms with Gasteiger partial charge in [-0.05, 0) is 56.0 Å². The molecule has 4 heterocycles. The zero-order valence-electron chi connectivity index (χ0n) is 16.7. The Bertz CT molecular complexity index is 988. The van der Waals surface area contributed by atoms with Crippen molar-refractivity contribution in [2.75, 3.05) is 31.1 Å². The van der Waals surface area contributed by atoms with Gasteiger partial charge in [0.05, 0.1) is 22.2 Å². The van der Waals surface area contributed by atoms with Crippen LogP contribution in [-0.4, -0.2) is 47.1 Å². The molecule has 2 aromatic rings. The summed E-state index contributed by atoms with van der Waals surface area (Å²) in [5, 5.41) is 4.47. The molecule has 30 heavy (non-hydrogen) atoms. The second kappa shape index (κ2) is 7.17. The lowest BCUT2D eigenvalue weighted by Gasteiger charge is -2.38. The molecule has 158 valence electrons. The SMILES string of the molecule is Cc1nc(N2CCC3(CC2)CN2CC[C@@H](c4cc(F)cc(F)c4)N2C3=O)ccc1Cl. The Hall–Kier alpha value is -2.25. The van der Waals surface area contributed by atoms with Gasteiger partial charge in [-0.2, -0.15) is 0 Å². The minimum atomic E-state index is -0.608. The third-order valence-electron chi connectivity index (χ3n) is 6.73. The summed E-state index contributed by atoms with van der Waals surface area (Å²) in [5.41, 5.74) is 0.879. The van der Waals surface area contributed by atoms with Gasteiger partial charge in [0.2, 0.25) is 5.91 Å². The maximum atomic E-state index is 13.8. The van der Waals surface area contributed by atoms with E-state index in [0.29, 0.717) is 23.6 Å². The van der Waals surface area contributed by atoms with Crippen molar-refractivity contribution in [1.82, 2.24) is 15.0 Å². The molecule has 3 aliphatic rings. The maximum Gasteiger partial charge on any atom is 0.245 e. The van der Waals surface area contributed by atoms with Crippen molar-refractivity contribution in [2.24, 2.45) is 5.41 Å². The van der Waals surface area contributed by atoms with Crippen molar-refractivity contribution in [2.45, 2.75) is 32.2 Å². The molecule has 0 saturated carbocycles. The first-order chi connectivity index (χ1) is 14.4. The summed E-state index contributed by atoms with van der Waals surface area (Å²) in [4.78, 5) is 20.3. The van der Waals surface area contributed by atoms with Crippen LogP contribution >= 0.6 is 11.6 Å². The molecule has 5 nitrogen and oxygen atoms in total. The molecular weight excluding hydrogens is 410 g/mol. The highest BCUT2D eigenvalue weighted by Crippen LogP contribution is 2.47. The molecule has 0 bridgehead atoms. The third-order valence-corrected chi connectivity index (χ3v) is 7.13. The van der Waals surface area contributed by atoms with Crippen molar-refractivity contribution in [1.29, 1.82) is 0 Å². The largest absolute Gasteiger partial charge is 0.357 e. The predicted molar refractivity (Wildman–Crippen MR) is 110 cm³/mol. The molecule has 1 amide bonds. The van der Waals surface area contributed by atoms with E-state index in [1.807, 2.05) is 19.1 Å². The summed E-state index contributed by atoms with van der Waals surface area (Å²) >= 11 is 6.09. The van der Waals surface area contributed by atoms with Crippen molar-refractivity contribution in [3.8, 4) is 0 Å². The van der Waals surface area contributed by atoms with Gasteiger partial charge in [0.1, 0.15) is 17.5 Å². The van der Waals surface area contributed by atoms with E-state index >= 15 is 0 Å². The minimum Gasteiger partial charge on any atom is -0.357 e. The van der Waals surface area contributed by atoms with E-state index in [0.717, 1.165) is 50.1 Å². The van der Waals surface area contributed by atoms with Crippen LogP contribution in [0.15, 0.2) is 30.3 Å². The summed E-state index contributed by atoms with van der Waals surface area (Å²) in [7, 11) is 0. The van der Waals surface area contributed by atoms with Gasteiger partial charge in [0.25, 0.3) is 0 Å². The molecule has 1 atom stereocenters. The molecule has 8 heteroatoms. The fourth-order valence-electron chi connectivity index (χ4n) is 5.10. The molecule has 0 radical (unpaired) electrons. The van der Waals surface area contributed by atoms with Gasteiger partial charge < -0.3 is 4.90 Å². The summed E-state index contributed by atoms with van der Waals surface area (Å²) in [5.74, 6) is -0.256. The number of aromatic nitrogens is 1. The standard InChI is InChI=1S/C22H23ClF2N4O/c1-14-18(23)2-3-20(26-14)27-8-5-22(6-9-27)13-28-7-4-19(29(28)21(22)30)15-10-16(24)12-17(25)11-15/h2-3,10-12,19H,4-9,13H2,1H3/t19-/m0/s1. The highest BCUT2D eigenvalue weighted by Gasteiger charge is 2.56. The number of amides is 1. The number of piperidine rings is 1. The molecule has 1 aromatic heterocycles. The number of pyridine rings is 1. The van der Waals surface area contributed by atoms with E-state index < -0.39 is 17.0 Å². The number of nitrogens with zero attached hydrogens (tertiary/aromatic N) is 4. The number of hydrogen-bond acceptors (Lipinski definition) is 4. The maximum absolute atomic E-state index is 13.8. The Balaban J connectivity index is 1.34. The summed E-state index contributed by atoms with van der Waals surface area (Å²) < 4.78 is 27.5. The van der Waals surface area contributed by atoms with Crippen LogP contribution in [0.5, 0.6) is 0 Å². The third kappa shape index (κ3) is 3.15. The molecule has 1 spiro atoms. The predicted octanol–water partition coefficient (Wildman–Crippen LogP) is 4.11. The summed E-state index contributed by atoms with van der Waals surface area (Å²) in [6, 6.07) is 7.01. The van der Waals surface area contributed by atoms with E-state index in [4.69, 9.17) is 11.6 Å². The van der Waals surface area contributed by atoms with Gasteiger partial charge in [-0.15, -0.1) is 0 Å². The number of aryl methyl sites for hydroxylation is 1. The van der Waals surface area contributed by atoms with E-state index in [1.54, 1.807) is 5.01 Å². The lowest BCUT2D eigenvalue weighted by molar-refractivity contribution is -0.143. The number of rotatable bonds is 2. The van der Waals surface area contributed by atoms with Gasteiger partial charge in [-0.3, -0.25) is 9.80 Å². The second-order valence-electron chi connectivity index (χ2n) is 8.55. The molecule has 1 aromatic carbocycles. The van der Waals surface area contributed by atoms with Crippen LogP contribution in [0.2, 0.25) is 5.02 Å². The van der Waals surface area contributed by atoms with E-state index in [9.17, 15) is 13.6 Å². The first kappa shape index (κ1) is 19.7. The molecular formula is C22H23ClF2N4O. The van der Waals surface area contributed by atoms with Gasteiger partial charge in [-0.25, -0.2) is 18.8 Å². The van der Waals surface area contributed by atoms with Gasteiger partial charge in [0.15, 0.2) is 0 Å². The van der Waals surface area contributed by atoms with Crippen LogP contribution in [0.1, 0.15) is 36.6 Å². The van der Waals surface area contributed by atoms with Crippen LogP contribution in [0.3, 0.4) is 0 Å². The van der Waals surface area contributed by atoms with Crippen LogP contribution in [0.25, 0.3) is 0 Å². The topological polar surface area (TPSA) is 39.7 Å². The lowest BCUT2D eigenvalue weighted by Crippen LogP contribution is -2.46. The average Bonchev–Trinajstić information content (AvgIpc) is 3.23. The van der Waals surface area contributed by atoms with Crippen molar-refractivity contribution < 1.29 is 13.6 Å². The van der Waals surface area contributed by atoms with Crippen molar-refractivity contribution in [3.63, 3.8) is 0 Å². The molecule has 0 aliphatic carbocycles. The monoisotopic (exact) mass is 432 g/mol. The molecule has 3 saturated heterocycles. The number of hydrazine groups is 1. The number of carbonyl (C=O) groups is 1. The quantitative estimate of drug-likeness (QED) is 0.716. The second-order valence-corrected chi connectivity index (χ2v) is 8.96. The lowest BCUT2D eigenvalue weighted by atomic mass is 9.77. The van der Waals surface area contributed by atoms with Crippen LogP contribution in [-0.2, 0) is 4.79 Å². The Morgan fingerprint density at radius 1 is 1.10 bits per heavy atom. The Morgan fingerprint density at radius 2 is 1.80 bits per heavy atom. The van der Waals surface area contributed by atoms with Crippen LogP contribution in [0, 0.1) is 24.0 Å². The number of benzene rings is 1. The fraction of sp³-hybridized carbons (Fsp3) is 0.455. The number of hydrogen-bond donors (Lipinski definition) is 0. The number of anilines is 1. The smallest absolute Gasteiger partial charge is 0.245 e. The highest BCUT2D eigenvalue weighted by molar-refractivity contribution is 6.31. The first-order valence-corrected chi connectivity index (χ1v) is 10.7. The normalized spacial score (nSPS) is 23.5. The van der Waals surface area contributed by atoms with Crippen LogP contribution in [0.4, 0.5) is 14.6 Å². The van der Waals surface area contributed by atoms with Crippen molar-refractivity contribution in [3.05, 3.63) is 58.2 Å². The van der Waals surface area contributed by atoms with Gasteiger partial charge in [-0.1, -0.05) is 11.6 Å². The molecule has 5 rings (SSSR count). The Kier molecular flexibility index (Phi) is 4.71. The van der Waals surface area contributed by atoms with Gasteiger partial charge in [0, 0.05) is 32.2 Å². The molecule has 0 N–H and O–H groups in total. The minimum absolute atomic E-state index is 0.0783. The Morgan fingerprint density at radius 3 is 2.47 bits per heavy atom. The molecule has 3 aliphatic heterocycles. The van der Waals surface area contributed by atoms with E-state index in [2.05, 4.69) is 14.9 Å². The number of fused-ring (bicyclic) bond motifs is 1. The average molecular weight is 433 g/mol. The van der Waals surface area contributed by atoms with Gasteiger partial charge >= 0.3 is 0 Å². The molecule has 0 unspecified atom stereocenters. The number of halogens is 3. The fourth-order valence-corrected chi connectivity index (χ4v) is 5.21. The summed E-state index contributed by atoms with van der Waals surface area (Å²) in [6.45, 7) is 4.75. The first-order valence-electron chi connectivity index (χ1n) is 10.3.